The molecule has 1 saturated heterocycles. The van der Waals surface area contributed by atoms with E-state index in [2.05, 4.69) is 10.6 Å². The van der Waals surface area contributed by atoms with Gasteiger partial charge in [-0.3, -0.25) is 14.4 Å². The molecule has 1 aliphatic rings. The van der Waals surface area contributed by atoms with Crippen molar-refractivity contribution in [2.45, 2.75) is 11.3 Å². The van der Waals surface area contributed by atoms with E-state index in [0.717, 1.165) is 6.07 Å². The van der Waals surface area contributed by atoms with Crippen molar-refractivity contribution in [3.05, 3.63) is 47.5 Å². The van der Waals surface area contributed by atoms with Crippen LogP contribution in [0.2, 0.25) is 0 Å². The van der Waals surface area contributed by atoms with Crippen molar-refractivity contribution in [3.8, 4) is 11.5 Å². The Hall–Kier alpha value is -3.84. The molecule has 3 rings (SSSR count). The third-order valence-electron chi connectivity index (χ3n) is 5.61. The first-order valence-electron chi connectivity index (χ1n) is 10.9. The first-order valence-corrected chi connectivity index (χ1v) is 12.4. The molecule has 194 valence electrons. The molecule has 0 radical (unpaired) electrons. The van der Waals surface area contributed by atoms with Crippen LogP contribution in [0, 0.1) is 5.92 Å². The average Bonchev–Trinajstić information content (AvgIpc) is 2.98. The van der Waals surface area contributed by atoms with Gasteiger partial charge in [0.25, 0.3) is 15.9 Å². The summed E-state index contributed by atoms with van der Waals surface area (Å²) < 4.78 is 37.6. The minimum Gasteiger partial charge on any atom is -0.508 e. The number of amides is 3. The first kappa shape index (κ1) is 26.8. The smallest absolute Gasteiger partial charge is 0.267 e. The van der Waals surface area contributed by atoms with Crippen LogP contribution in [0.25, 0.3) is 0 Å². The number of hydrogen-bond acceptors (Lipinski definition) is 9. The number of phenolic OH excluding ortho intramolecular Hbond substituents is 1. The van der Waals surface area contributed by atoms with E-state index in [1.807, 2.05) is 0 Å². The van der Waals surface area contributed by atoms with Crippen LogP contribution in [0.3, 0.4) is 0 Å². The minimum absolute atomic E-state index is 0.00238. The number of ether oxygens (including phenoxy) is 2. The normalized spacial score (nSPS) is 16.3. The predicted molar refractivity (Wildman–Crippen MR) is 129 cm³/mol. The number of sulfonamides is 1. The topological polar surface area (TPSA) is 177 Å². The highest BCUT2D eigenvalue weighted by molar-refractivity contribution is 7.89. The van der Waals surface area contributed by atoms with Gasteiger partial charge in [-0.15, -0.1) is 0 Å². The number of benzene rings is 2. The number of rotatable bonds is 9. The van der Waals surface area contributed by atoms with Crippen molar-refractivity contribution in [2.75, 3.05) is 46.2 Å². The second-order valence-electron chi connectivity index (χ2n) is 8.05. The summed E-state index contributed by atoms with van der Waals surface area (Å²) in [7, 11) is -1.64. The lowest BCUT2D eigenvalue weighted by atomic mass is 9.97. The summed E-state index contributed by atoms with van der Waals surface area (Å²) in [4.78, 5) is 37.9. The Morgan fingerprint density at radius 3 is 2.67 bits per heavy atom. The van der Waals surface area contributed by atoms with E-state index in [1.165, 1.54) is 44.6 Å². The Morgan fingerprint density at radius 1 is 1.22 bits per heavy atom. The molecule has 3 amide bonds. The fourth-order valence-corrected chi connectivity index (χ4v) is 5.16. The number of nitrogens with one attached hydrogen (secondary N) is 2. The summed E-state index contributed by atoms with van der Waals surface area (Å²) in [5.41, 5.74) is 6.28. The van der Waals surface area contributed by atoms with Crippen molar-refractivity contribution < 1.29 is 37.4 Å². The Morgan fingerprint density at radius 2 is 1.97 bits per heavy atom. The summed E-state index contributed by atoms with van der Waals surface area (Å²) in [6.45, 7) is -0.422. The molecule has 2 aromatic rings. The number of nitrogen functional groups attached to an aromatic ring is 1. The Balaban J connectivity index is 1.94. The quantitative estimate of drug-likeness (QED) is 0.259. The van der Waals surface area contributed by atoms with E-state index in [-0.39, 0.29) is 48.0 Å². The van der Waals surface area contributed by atoms with Gasteiger partial charge in [0.15, 0.2) is 0 Å². The van der Waals surface area contributed by atoms with Crippen molar-refractivity contribution in [3.63, 3.8) is 0 Å². The number of aromatic hydroxyl groups is 1. The first-order chi connectivity index (χ1) is 17.1. The highest BCUT2D eigenvalue weighted by Gasteiger charge is 2.38. The summed E-state index contributed by atoms with van der Waals surface area (Å²) in [6, 6.07) is 7.82. The molecule has 5 N–H and O–H groups in total. The van der Waals surface area contributed by atoms with Gasteiger partial charge in [0.1, 0.15) is 18.0 Å². The van der Waals surface area contributed by atoms with E-state index in [0.29, 0.717) is 15.6 Å². The molecule has 2 aromatic carbocycles. The predicted octanol–water partition coefficient (Wildman–Crippen LogP) is -0.135. The highest BCUT2D eigenvalue weighted by Crippen LogP contribution is 2.29. The molecule has 36 heavy (non-hydrogen) atoms. The zero-order valence-electron chi connectivity index (χ0n) is 19.8. The van der Waals surface area contributed by atoms with Gasteiger partial charge in [0, 0.05) is 25.9 Å². The number of nitrogens with two attached hydrogens (primary N) is 1. The zero-order valence-corrected chi connectivity index (χ0v) is 20.6. The third-order valence-corrected chi connectivity index (χ3v) is 7.35. The van der Waals surface area contributed by atoms with E-state index in [4.69, 9.17) is 15.2 Å². The Labute approximate surface area is 208 Å². The molecule has 1 atom stereocenters. The molecule has 12 nitrogen and oxygen atoms in total. The van der Waals surface area contributed by atoms with Crippen molar-refractivity contribution in [2.24, 2.45) is 5.92 Å². The maximum Gasteiger partial charge on any atom is 0.267 e. The standard InChI is InChI=1S/C23H28N4O8S/c1-34-8-7-25-22(30)18-11-17(4-5-19(18)24)36(32,33)27-13-21(29)26-12-15(23(27)31)9-14-10-16(28)3-6-20(14)35-2/h3-6,10-11,15,28H,7-9,12-13,24H2,1-2H3,(H,25,30)(H,26,29). The molecular formula is C23H28N4O8S. The van der Waals surface area contributed by atoms with Gasteiger partial charge >= 0.3 is 0 Å². The lowest BCUT2D eigenvalue weighted by Gasteiger charge is -2.23. The SMILES string of the molecule is COCCNC(=O)c1cc(S(=O)(=O)N2CC(=O)NCC(Cc3cc(O)ccc3OC)C2=O)ccc1N. The molecule has 0 saturated carbocycles. The Kier molecular flexibility index (Phi) is 8.37. The van der Waals surface area contributed by atoms with Crippen molar-refractivity contribution >= 4 is 33.4 Å². The van der Waals surface area contributed by atoms with Gasteiger partial charge in [0.05, 0.1) is 30.1 Å². The van der Waals surface area contributed by atoms with Gasteiger partial charge < -0.3 is 30.9 Å². The average molecular weight is 521 g/mol. The van der Waals surface area contributed by atoms with Gasteiger partial charge in [-0.25, -0.2) is 12.7 Å². The molecule has 1 heterocycles. The van der Waals surface area contributed by atoms with Gasteiger partial charge in [-0.1, -0.05) is 0 Å². The van der Waals surface area contributed by atoms with Crippen LogP contribution < -0.4 is 21.1 Å². The number of carbonyl (C=O) groups is 3. The van der Waals surface area contributed by atoms with Crippen LogP contribution in [-0.4, -0.2) is 76.0 Å². The number of methoxy groups -OCH3 is 2. The fraction of sp³-hybridized carbons (Fsp3) is 0.348. The van der Waals surface area contributed by atoms with Crippen LogP contribution in [-0.2, 0) is 30.8 Å². The maximum absolute atomic E-state index is 13.5. The molecule has 0 spiro atoms. The van der Waals surface area contributed by atoms with E-state index in [1.54, 1.807) is 0 Å². The summed E-state index contributed by atoms with van der Waals surface area (Å²) in [6.07, 6.45) is -0.00238. The molecule has 0 bridgehead atoms. The fourth-order valence-electron chi connectivity index (χ4n) is 3.73. The second-order valence-corrected chi connectivity index (χ2v) is 9.91. The van der Waals surface area contributed by atoms with E-state index >= 15 is 0 Å². The van der Waals surface area contributed by atoms with Crippen LogP contribution in [0.1, 0.15) is 15.9 Å². The van der Waals surface area contributed by atoms with Crippen LogP contribution in [0.4, 0.5) is 5.69 Å². The lowest BCUT2D eigenvalue weighted by Crippen LogP contribution is -2.42. The number of anilines is 1. The molecule has 1 fully saturated rings. The number of nitrogens with zero attached hydrogens (tertiary/aromatic N) is 1. The molecular weight excluding hydrogens is 492 g/mol. The van der Waals surface area contributed by atoms with E-state index in [9.17, 15) is 27.9 Å². The van der Waals surface area contributed by atoms with Crippen molar-refractivity contribution in [1.82, 2.24) is 14.9 Å². The third kappa shape index (κ3) is 5.86. The zero-order chi connectivity index (χ0) is 26.5. The lowest BCUT2D eigenvalue weighted by molar-refractivity contribution is -0.131. The number of hydrogen-bond donors (Lipinski definition) is 4. The van der Waals surface area contributed by atoms with Crippen LogP contribution in [0.15, 0.2) is 41.3 Å². The van der Waals surface area contributed by atoms with Crippen molar-refractivity contribution in [1.29, 1.82) is 0 Å². The maximum atomic E-state index is 13.5. The molecule has 1 aliphatic heterocycles. The summed E-state index contributed by atoms with van der Waals surface area (Å²) in [5, 5.41) is 15.0. The highest BCUT2D eigenvalue weighted by atomic mass is 32.2. The Bertz CT molecular complexity index is 1260. The van der Waals surface area contributed by atoms with Gasteiger partial charge in [0.2, 0.25) is 11.8 Å². The monoisotopic (exact) mass is 520 g/mol. The second kappa shape index (κ2) is 11.3. The molecule has 0 aliphatic carbocycles. The largest absolute Gasteiger partial charge is 0.508 e. The molecule has 0 aromatic heterocycles. The summed E-state index contributed by atoms with van der Waals surface area (Å²) in [5.74, 6) is -2.72. The van der Waals surface area contributed by atoms with Crippen LogP contribution in [0.5, 0.6) is 11.5 Å². The minimum atomic E-state index is -4.53. The van der Waals surface area contributed by atoms with Gasteiger partial charge in [-0.2, -0.15) is 0 Å². The summed E-state index contributed by atoms with van der Waals surface area (Å²) >= 11 is 0. The van der Waals surface area contributed by atoms with Gasteiger partial charge in [-0.05, 0) is 48.4 Å². The molecule has 13 heteroatoms. The van der Waals surface area contributed by atoms with E-state index < -0.39 is 40.2 Å². The number of phenols is 1. The molecule has 1 unspecified atom stereocenters. The number of carbonyl (C=O) groups excluding carboxylic acids is 3. The van der Waals surface area contributed by atoms with Crippen LogP contribution >= 0.6 is 0 Å².